The van der Waals surface area contributed by atoms with Crippen LogP contribution in [0.3, 0.4) is 0 Å². The van der Waals surface area contributed by atoms with Gasteiger partial charge in [-0.3, -0.25) is 4.57 Å². The Hall–Kier alpha value is 0.0300. The molecule has 0 saturated carbocycles. The van der Waals surface area contributed by atoms with Gasteiger partial charge in [-0.05, 0) is 39.2 Å². The Balaban J connectivity index is 4.21. The molecule has 0 fully saturated rings. The van der Waals surface area contributed by atoms with E-state index in [2.05, 4.69) is 40.3 Å². The zero-order chi connectivity index (χ0) is 18.8. The molecule has 7 heteroatoms. The van der Waals surface area contributed by atoms with Crippen molar-refractivity contribution in [3.05, 3.63) is 0 Å². The maximum absolute atomic E-state index is 12.3. The third kappa shape index (κ3) is 8.93. The molecule has 24 heavy (non-hydrogen) atoms. The normalized spacial score (nSPS) is 16.8. The lowest BCUT2D eigenvalue weighted by Crippen LogP contribution is -2.53. The zero-order valence-electron chi connectivity index (χ0n) is 16.7. The van der Waals surface area contributed by atoms with E-state index in [0.29, 0.717) is 25.9 Å². The molecule has 146 valence electrons. The molecule has 2 N–H and O–H groups in total. The quantitative estimate of drug-likeness (QED) is 0.281. The van der Waals surface area contributed by atoms with E-state index < -0.39 is 7.60 Å². The molecule has 0 radical (unpaired) electrons. The van der Waals surface area contributed by atoms with Crippen LogP contribution in [0.4, 0.5) is 0 Å². The van der Waals surface area contributed by atoms with Gasteiger partial charge in [0, 0.05) is 6.54 Å². The molecule has 0 saturated heterocycles. The summed E-state index contributed by atoms with van der Waals surface area (Å²) < 4.78 is 23.6. The second-order valence-corrected chi connectivity index (χ2v) is 9.45. The van der Waals surface area contributed by atoms with Crippen LogP contribution in [-0.4, -0.2) is 75.3 Å². The molecule has 0 aromatic carbocycles. The van der Waals surface area contributed by atoms with Gasteiger partial charge in [-0.25, -0.2) is 0 Å². The van der Waals surface area contributed by atoms with Crippen molar-refractivity contribution in [2.24, 2.45) is 5.92 Å². The van der Waals surface area contributed by atoms with Crippen molar-refractivity contribution in [1.29, 1.82) is 0 Å². The van der Waals surface area contributed by atoms with Gasteiger partial charge in [0.1, 0.15) is 12.1 Å². The van der Waals surface area contributed by atoms with Gasteiger partial charge in [0.05, 0.1) is 40.5 Å². The molecule has 3 atom stereocenters. The van der Waals surface area contributed by atoms with Crippen LogP contribution in [0.2, 0.25) is 0 Å². The number of aliphatic hydroxyl groups excluding tert-OH is 1. The van der Waals surface area contributed by atoms with E-state index in [9.17, 15) is 9.67 Å². The van der Waals surface area contributed by atoms with Crippen LogP contribution >= 0.6 is 7.60 Å². The van der Waals surface area contributed by atoms with Gasteiger partial charge in [0.25, 0.3) is 0 Å². The van der Waals surface area contributed by atoms with Crippen molar-refractivity contribution in [1.82, 2.24) is 5.32 Å². The number of aliphatic hydroxyl groups is 1. The SMILES string of the molecule is CCOP(=O)(CCNCC[C@@H](C)[C@@H](O)C(CC)[N+](C)(C)C)OCC. The maximum Gasteiger partial charge on any atom is 0.331 e. The van der Waals surface area contributed by atoms with E-state index >= 15 is 0 Å². The summed E-state index contributed by atoms with van der Waals surface area (Å²) in [7, 11) is 3.42. The summed E-state index contributed by atoms with van der Waals surface area (Å²) in [6, 6.07) is 0.233. The fourth-order valence-corrected chi connectivity index (χ4v) is 4.58. The second-order valence-electron chi connectivity index (χ2n) is 7.27. The lowest BCUT2D eigenvalue weighted by molar-refractivity contribution is -0.900. The predicted octanol–water partition coefficient (Wildman–Crippen LogP) is 2.71. The summed E-state index contributed by atoms with van der Waals surface area (Å²) in [6.45, 7) is 10.0. The molecule has 0 aliphatic rings. The number of hydrogen-bond donors (Lipinski definition) is 2. The van der Waals surface area contributed by atoms with Crippen LogP contribution in [0.1, 0.15) is 40.5 Å². The fourth-order valence-electron chi connectivity index (χ4n) is 3.03. The Morgan fingerprint density at radius 1 is 1.08 bits per heavy atom. The molecule has 1 unspecified atom stereocenters. The summed E-state index contributed by atoms with van der Waals surface area (Å²) in [5.74, 6) is 0.213. The Morgan fingerprint density at radius 2 is 1.62 bits per heavy atom. The molecule has 0 aromatic heterocycles. The molecule has 0 spiro atoms. The van der Waals surface area contributed by atoms with Crippen molar-refractivity contribution in [2.75, 3.05) is 53.6 Å². The van der Waals surface area contributed by atoms with Gasteiger partial charge >= 0.3 is 7.60 Å². The minimum atomic E-state index is -2.96. The monoisotopic (exact) mass is 367 g/mol. The first-order valence-corrected chi connectivity index (χ1v) is 10.9. The Kier molecular flexibility index (Phi) is 11.6. The average Bonchev–Trinajstić information content (AvgIpc) is 2.46. The number of nitrogens with zero attached hydrogens (tertiary/aromatic N) is 1. The number of rotatable bonds is 14. The molecule has 0 aromatic rings. The van der Waals surface area contributed by atoms with Gasteiger partial charge < -0.3 is 24.0 Å². The first-order valence-electron chi connectivity index (χ1n) is 9.19. The number of nitrogens with one attached hydrogen (secondary N) is 1. The Morgan fingerprint density at radius 3 is 2.04 bits per heavy atom. The maximum atomic E-state index is 12.3. The minimum Gasteiger partial charge on any atom is -0.387 e. The summed E-state index contributed by atoms with van der Waals surface area (Å²) in [4.78, 5) is 0. The van der Waals surface area contributed by atoms with Crippen molar-refractivity contribution in [3.63, 3.8) is 0 Å². The van der Waals surface area contributed by atoms with Gasteiger partial charge in [0.15, 0.2) is 0 Å². The molecule has 0 rings (SSSR count). The summed E-state index contributed by atoms with van der Waals surface area (Å²) in [5, 5.41) is 13.9. The highest BCUT2D eigenvalue weighted by Gasteiger charge is 2.33. The number of likely N-dealkylation sites (N-methyl/N-ethyl adjacent to an activating group) is 1. The van der Waals surface area contributed by atoms with E-state index in [1.165, 1.54) is 0 Å². The lowest BCUT2D eigenvalue weighted by Gasteiger charge is -2.38. The molecule has 0 heterocycles. The van der Waals surface area contributed by atoms with E-state index in [1.54, 1.807) is 0 Å². The molecule has 6 nitrogen and oxygen atoms in total. The molecule has 0 bridgehead atoms. The van der Waals surface area contributed by atoms with E-state index in [0.717, 1.165) is 23.9 Å². The summed E-state index contributed by atoms with van der Waals surface area (Å²) >= 11 is 0. The number of hydrogen-bond acceptors (Lipinski definition) is 5. The first kappa shape index (κ1) is 24.0. The van der Waals surface area contributed by atoms with Gasteiger partial charge in [-0.1, -0.05) is 13.8 Å². The van der Waals surface area contributed by atoms with Crippen LogP contribution in [0.15, 0.2) is 0 Å². The summed E-state index contributed by atoms with van der Waals surface area (Å²) in [5.41, 5.74) is 0. The highest BCUT2D eigenvalue weighted by atomic mass is 31.2. The van der Waals surface area contributed by atoms with Crippen molar-refractivity contribution >= 4 is 7.60 Å². The van der Waals surface area contributed by atoms with Gasteiger partial charge in [-0.15, -0.1) is 0 Å². The third-order valence-corrected chi connectivity index (χ3v) is 6.46. The van der Waals surface area contributed by atoms with Crippen molar-refractivity contribution in [2.45, 2.75) is 52.7 Å². The third-order valence-electron chi connectivity index (χ3n) is 4.38. The summed E-state index contributed by atoms with van der Waals surface area (Å²) in [6.07, 6.45) is 1.89. The fraction of sp³-hybridized carbons (Fsp3) is 1.00. The van der Waals surface area contributed by atoms with Crippen LogP contribution in [0.5, 0.6) is 0 Å². The average molecular weight is 367 g/mol. The second kappa shape index (κ2) is 11.6. The lowest BCUT2D eigenvalue weighted by atomic mass is 9.91. The first-order chi connectivity index (χ1) is 11.1. The molecular weight excluding hydrogens is 327 g/mol. The Labute approximate surface area is 149 Å². The molecule has 0 aliphatic heterocycles. The van der Waals surface area contributed by atoms with Crippen LogP contribution < -0.4 is 5.32 Å². The standard InChI is InChI=1S/C17H40N2O4P/c1-8-16(19(5,6)7)17(20)15(4)11-12-18-13-14-24(21,22-9-2)23-10-3/h15-18,20H,8-14H2,1-7H3/q+1/t15-,16?,17-/m1/s1. The topological polar surface area (TPSA) is 67.8 Å². The van der Waals surface area contributed by atoms with Crippen LogP contribution in [0.25, 0.3) is 0 Å². The van der Waals surface area contributed by atoms with E-state index in [1.807, 2.05) is 13.8 Å². The molecule has 0 aliphatic carbocycles. The highest BCUT2D eigenvalue weighted by Crippen LogP contribution is 2.47. The number of quaternary nitrogens is 1. The zero-order valence-corrected chi connectivity index (χ0v) is 17.6. The van der Waals surface area contributed by atoms with Gasteiger partial charge in [-0.2, -0.15) is 0 Å². The van der Waals surface area contributed by atoms with Crippen molar-refractivity contribution in [3.8, 4) is 0 Å². The smallest absolute Gasteiger partial charge is 0.331 e. The van der Waals surface area contributed by atoms with Crippen molar-refractivity contribution < 1.29 is 23.2 Å². The van der Waals surface area contributed by atoms with Crippen LogP contribution in [-0.2, 0) is 13.6 Å². The highest BCUT2D eigenvalue weighted by molar-refractivity contribution is 7.53. The van der Waals surface area contributed by atoms with Gasteiger partial charge in [0.2, 0.25) is 0 Å². The predicted molar refractivity (Wildman–Crippen MR) is 100 cm³/mol. The van der Waals surface area contributed by atoms with Crippen LogP contribution in [0, 0.1) is 5.92 Å². The Bertz CT molecular complexity index is 364. The largest absolute Gasteiger partial charge is 0.387 e. The van der Waals surface area contributed by atoms with E-state index in [4.69, 9.17) is 9.05 Å². The molecule has 0 amide bonds. The minimum absolute atomic E-state index is 0.213. The molecular formula is C17H40N2O4P+. The van der Waals surface area contributed by atoms with E-state index in [-0.39, 0.29) is 18.1 Å².